The molecule has 2 heteroatoms. The minimum atomic E-state index is 0.539. The maximum atomic E-state index is 3.63. The van der Waals surface area contributed by atoms with Crippen LogP contribution in [0.15, 0.2) is 126 Å². The van der Waals surface area contributed by atoms with Gasteiger partial charge in [-0.25, -0.2) is 0 Å². The Hall–Kier alpha value is -3.52. The van der Waals surface area contributed by atoms with Crippen LogP contribution in [0, 0.1) is 5.92 Å². The minimum Gasteiger partial charge on any atom is -0.356 e. The van der Waals surface area contributed by atoms with E-state index in [1.807, 2.05) is 0 Å². The van der Waals surface area contributed by atoms with Crippen molar-refractivity contribution in [1.82, 2.24) is 0 Å². The van der Waals surface area contributed by atoms with Gasteiger partial charge >= 0.3 is 0 Å². The lowest BCUT2D eigenvalue weighted by Gasteiger charge is -2.29. The van der Waals surface area contributed by atoms with Gasteiger partial charge in [0.2, 0.25) is 0 Å². The Morgan fingerprint density at radius 3 is 2.34 bits per heavy atom. The van der Waals surface area contributed by atoms with Gasteiger partial charge in [0.25, 0.3) is 0 Å². The van der Waals surface area contributed by atoms with Crippen LogP contribution < -0.4 is 10.2 Å². The van der Waals surface area contributed by atoms with Gasteiger partial charge in [-0.3, -0.25) is 0 Å². The Morgan fingerprint density at radius 2 is 1.62 bits per heavy atom. The minimum absolute atomic E-state index is 0.539. The molecule has 2 nitrogen and oxygen atoms in total. The highest BCUT2D eigenvalue weighted by Gasteiger charge is 2.17. The average molecular weight is 419 g/mol. The average Bonchev–Trinajstić information content (AvgIpc) is 2.87. The van der Waals surface area contributed by atoms with E-state index in [-0.39, 0.29) is 0 Å². The zero-order chi connectivity index (χ0) is 21.6. The van der Waals surface area contributed by atoms with Crippen molar-refractivity contribution in [2.24, 2.45) is 5.92 Å². The van der Waals surface area contributed by atoms with Crippen LogP contribution in [0.1, 0.15) is 32.1 Å². The molecule has 5 rings (SSSR count). The number of benzene rings is 2. The summed E-state index contributed by atoms with van der Waals surface area (Å²) in [5.41, 5.74) is 7.54. The monoisotopic (exact) mass is 418 g/mol. The van der Waals surface area contributed by atoms with E-state index in [4.69, 9.17) is 0 Å². The number of allylic oxidation sites excluding steroid dienone is 11. The summed E-state index contributed by atoms with van der Waals surface area (Å²) in [6.45, 7) is 0. The standard InChI is InChI=1S/C30H30N2/c1-4-11-24(12-5-1)25-19-21-26(22-20-25)31-27-13-10-18-30(23-27)32(28-14-6-2-7-15-28)29-16-8-3-9-17-29/h1-4,6-8,10-11,13-16,18-19,21-23,25,31H,5,9,12,17,20H2. The summed E-state index contributed by atoms with van der Waals surface area (Å²) in [6, 6.07) is 19.4. The summed E-state index contributed by atoms with van der Waals surface area (Å²) >= 11 is 0. The molecule has 0 heterocycles. The highest BCUT2D eigenvalue weighted by Crippen LogP contribution is 2.35. The van der Waals surface area contributed by atoms with Crippen molar-refractivity contribution >= 4 is 17.1 Å². The molecule has 0 spiro atoms. The van der Waals surface area contributed by atoms with Crippen molar-refractivity contribution in [3.05, 3.63) is 126 Å². The van der Waals surface area contributed by atoms with Gasteiger partial charge in [-0.15, -0.1) is 0 Å². The molecule has 0 aromatic heterocycles. The van der Waals surface area contributed by atoms with Crippen molar-refractivity contribution in [2.75, 3.05) is 10.2 Å². The molecule has 3 aliphatic carbocycles. The maximum absolute atomic E-state index is 3.63. The zero-order valence-electron chi connectivity index (χ0n) is 18.5. The Bertz CT molecular complexity index is 1130. The number of rotatable bonds is 6. The highest BCUT2D eigenvalue weighted by atomic mass is 15.1. The molecule has 0 saturated carbocycles. The first-order valence-corrected chi connectivity index (χ1v) is 11.7. The van der Waals surface area contributed by atoms with Crippen LogP contribution >= 0.6 is 0 Å². The molecule has 2 aromatic carbocycles. The molecular formula is C30H30N2. The van der Waals surface area contributed by atoms with Crippen molar-refractivity contribution in [2.45, 2.75) is 32.1 Å². The van der Waals surface area contributed by atoms with Crippen LogP contribution in [0.25, 0.3) is 0 Å². The van der Waals surface area contributed by atoms with Crippen LogP contribution in [0.2, 0.25) is 0 Å². The SMILES string of the molecule is C1=CCCC(C2C=CC(Nc3cccc(N(C4=CC=CCC4)c4ccccc4)c3)=CC2)=C1. The predicted molar refractivity (Wildman–Crippen MR) is 137 cm³/mol. The number of nitrogens with one attached hydrogen (secondary N) is 1. The van der Waals surface area contributed by atoms with E-state index < -0.39 is 0 Å². The topological polar surface area (TPSA) is 15.3 Å². The lowest BCUT2D eigenvalue weighted by Crippen LogP contribution is -2.17. The van der Waals surface area contributed by atoms with Crippen molar-refractivity contribution in [3.63, 3.8) is 0 Å². The van der Waals surface area contributed by atoms with Gasteiger partial charge in [0.05, 0.1) is 0 Å². The van der Waals surface area contributed by atoms with E-state index in [9.17, 15) is 0 Å². The van der Waals surface area contributed by atoms with Gasteiger partial charge in [0.1, 0.15) is 0 Å². The Morgan fingerprint density at radius 1 is 0.812 bits per heavy atom. The third-order valence-corrected chi connectivity index (χ3v) is 6.31. The molecule has 1 N–H and O–H groups in total. The summed E-state index contributed by atoms with van der Waals surface area (Å²) in [6.07, 6.45) is 25.9. The number of nitrogens with zero attached hydrogens (tertiary/aromatic N) is 1. The number of para-hydroxylation sites is 1. The van der Waals surface area contributed by atoms with Gasteiger partial charge in [0.15, 0.2) is 0 Å². The Kier molecular flexibility index (Phi) is 6.20. The molecule has 1 unspecified atom stereocenters. The second-order valence-corrected chi connectivity index (χ2v) is 8.54. The van der Waals surface area contributed by atoms with E-state index >= 15 is 0 Å². The summed E-state index contributed by atoms with van der Waals surface area (Å²) < 4.78 is 0. The molecule has 2 aromatic rings. The van der Waals surface area contributed by atoms with Crippen LogP contribution in [0.4, 0.5) is 17.1 Å². The molecule has 0 amide bonds. The fourth-order valence-electron chi connectivity index (χ4n) is 4.64. The van der Waals surface area contributed by atoms with Crippen LogP contribution in [-0.2, 0) is 0 Å². The van der Waals surface area contributed by atoms with E-state index in [2.05, 4.69) is 119 Å². The first-order chi connectivity index (χ1) is 15.9. The summed E-state index contributed by atoms with van der Waals surface area (Å²) in [7, 11) is 0. The fraction of sp³-hybridized carbons (Fsp3) is 0.200. The molecule has 160 valence electrons. The first-order valence-electron chi connectivity index (χ1n) is 11.7. The summed E-state index contributed by atoms with van der Waals surface area (Å²) in [4.78, 5) is 2.37. The van der Waals surface area contributed by atoms with Gasteiger partial charge < -0.3 is 10.2 Å². The highest BCUT2D eigenvalue weighted by molar-refractivity contribution is 5.72. The van der Waals surface area contributed by atoms with Crippen LogP contribution in [0.3, 0.4) is 0 Å². The van der Waals surface area contributed by atoms with E-state index in [1.165, 1.54) is 35.6 Å². The predicted octanol–water partition coefficient (Wildman–Crippen LogP) is 8.21. The quantitative estimate of drug-likeness (QED) is 0.508. The maximum Gasteiger partial charge on any atom is 0.0479 e. The van der Waals surface area contributed by atoms with E-state index in [0.717, 1.165) is 24.9 Å². The summed E-state index contributed by atoms with van der Waals surface area (Å²) in [5.74, 6) is 0.539. The van der Waals surface area contributed by atoms with Crippen LogP contribution in [0.5, 0.6) is 0 Å². The number of hydrogen-bond donors (Lipinski definition) is 1. The second-order valence-electron chi connectivity index (χ2n) is 8.54. The van der Waals surface area contributed by atoms with Crippen molar-refractivity contribution < 1.29 is 0 Å². The molecule has 0 saturated heterocycles. The summed E-state index contributed by atoms with van der Waals surface area (Å²) in [5, 5.41) is 3.63. The smallest absolute Gasteiger partial charge is 0.0479 e. The normalized spacial score (nSPS) is 19.8. The van der Waals surface area contributed by atoms with Gasteiger partial charge in [-0.05, 0) is 74.6 Å². The van der Waals surface area contributed by atoms with Gasteiger partial charge in [-0.1, -0.05) is 72.4 Å². The molecule has 0 radical (unpaired) electrons. The number of anilines is 3. The van der Waals surface area contributed by atoms with Crippen molar-refractivity contribution in [1.29, 1.82) is 0 Å². The molecule has 1 atom stereocenters. The molecule has 0 fully saturated rings. The van der Waals surface area contributed by atoms with Crippen LogP contribution in [-0.4, -0.2) is 0 Å². The fourth-order valence-corrected chi connectivity index (χ4v) is 4.64. The third kappa shape index (κ3) is 4.70. The Balaban J connectivity index is 1.36. The Labute approximate surface area is 191 Å². The molecular weight excluding hydrogens is 388 g/mol. The van der Waals surface area contributed by atoms with E-state index in [1.54, 1.807) is 5.57 Å². The second kappa shape index (κ2) is 9.74. The molecule has 3 aliphatic rings. The van der Waals surface area contributed by atoms with Gasteiger partial charge in [0, 0.05) is 34.4 Å². The number of hydrogen-bond acceptors (Lipinski definition) is 2. The largest absolute Gasteiger partial charge is 0.356 e. The van der Waals surface area contributed by atoms with Gasteiger partial charge in [-0.2, -0.15) is 0 Å². The van der Waals surface area contributed by atoms with Crippen molar-refractivity contribution in [3.8, 4) is 0 Å². The first kappa shape index (κ1) is 20.4. The van der Waals surface area contributed by atoms with E-state index in [0.29, 0.717) is 5.92 Å². The molecule has 0 aliphatic heterocycles. The molecule has 32 heavy (non-hydrogen) atoms. The zero-order valence-corrected chi connectivity index (χ0v) is 18.5. The molecule has 0 bridgehead atoms. The lowest BCUT2D eigenvalue weighted by molar-refractivity contribution is 0.708. The lowest BCUT2D eigenvalue weighted by atomic mass is 9.87. The third-order valence-electron chi connectivity index (χ3n) is 6.31.